The SMILES string of the molecule is CC1(C)OB(c2ccc(OCC3COC(=O)N3)cc2)OC1(C)C. The number of rotatable bonds is 4. The van der Waals surface area contributed by atoms with E-state index in [4.69, 9.17) is 18.8 Å². The Bertz CT molecular complexity index is 571. The van der Waals surface area contributed by atoms with E-state index in [0.29, 0.717) is 13.2 Å². The van der Waals surface area contributed by atoms with Gasteiger partial charge >= 0.3 is 13.2 Å². The lowest BCUT2D eigenvalue weighted by atomic mass is 9.79. The van der Waals surface area contributed by atoms with Gasteiger partial charge in [0.15, 0.2) is 0 Å². The first-order valence-corrected chi connectivity index (χ1v) is 7.78. The van der Waals surface area contributed by atoms with Crippen molar-refractivity contribution in [3.05, 3.63) is 24.3 Å². The number of benzene rings is 1. The molecule has 2 aliphatic rings. The van der Waals surface area contributed by atoms with Gasteiger partial charge in [0.05, 0.1) is 11.2 Å². The monoisotopic (exact) mass is 319 g/mol. The summed E-state index contributed by atoms with van der Waals surface area (Å²) >= 11 is 0. The van der Waals surface area contributed by atoms with Crippen molar-refractivity contribution in [2.45, 2.75) is 44.9 Å². The van der Waals surface area contributed by atoms with Gasteiger partial charge in [0.1, 0.15) is 25.0 Å². The Kier molecular flexibility index (Phi) is 4.02. The zero-order chi connectivity index (χ0) is 16.7. The van der Waals surface area contributed by atoms with E-state index >= 15 is 0 Å². The summed E-state index contributed by atoms with van der Waals surface area (Å²) in [7, 11) is -0.378. The summed E-state index contributed by atoms with van der Waals surface area (Å²) < 4.78 is 22.5. The van der Waals surface area contributed by atoms with Crippen molar-refractivity contribution in [3.63, 3.8) is 0 Å². The van der Waals surface area contributed by atoms with E-state index in [-0.39, 0.29) is 24.4 Å². The average Bonchev–Trinajstić information content (AvgIpc) is 2.98. The van der Waals surface area contributed by atoms with Crippen molar-refractivity contribution < 1.29 is 23.6 Å². The Morgan fingerprint density at radius 2 is 1.78 bits per heavy atom. The van der Waals surface area contributed by atoms with E-state index in [0.717, 1.165) is 11.2 Å². The normalized spacial score (nSPS) is 25.1. The molecule has 0 aromatic heterocycles. The highest BCUT2D eigenvalue weighted by atomic mass is 16.7. The Morgan fingerprint density at radius 1 is 1.17 bits per heavy atom. The largest absolute Gasteiger partial charge is 0.494 e. The summed E-state index contributed by atoms with van der Waals surface area (Å²) in [6, 6.07) is 7.50. The van der Waals surface area contributed by atoms with Crippen molar-refractivity contribution >= 4 is 18.7 Å². The van der Waals surface area contributed by atoms with Crippen LogP contribution in [0, 0.1) is 0 Å². The van der Waals surface area contributed by atoms with E-state index in [9.17, 15) is 4.79 Å². The molecular formula is C16H22BNO5. The fraction of sp³-hybridized carbons (Fsp3) is 0.562. The Labute approximate surface area is 136 Å². The highest BCUT2D eigenvalue weighted by molar-refractivity contribution is 6.62. The van der Waals surface area contributed by atoms with Crippen LogP contribution in [0.3, 0.4) is 0 Å². The number of ether oxygens (including phenoxy) is 2. The smallest absolute Gasteiger partial charge is 0.491 e. The number of carbonyl (C=O) groups excluding carboxylic acids is 1. The van der Waals surface area contributed by atoms with Crippen LogP contribution in [-0.4, -0.2) is 43.7 Å². The summed E-state index contributed by atoms with van der Waals surface area (Å²) in [4.78, 5) is 10.9. The van der Waals surface area contributed by atoms with Crippen molar-refractivity contribution in [1.82, 2.24) is 5.32 Å². The van der Waals surface area contributed by atoms with E-state index in [1.54, 1.807) is 0 Å². The fourth-order valence-electron chi connectivity index (χ4n) is 2.41. The van der Waals surface area contributed by atoms with Gasteiger partial charge in [0, 0.05) is 0 Å². The van der Waals surface area contributed by atoms with Gasteiger partial charge < -0.3 is 24.1 Å². The Morgan fingerprint density at radius 3 is 2.30 bits per heavy atom. The molecule has 0 spiro atoms. The van der Waals surface area contributed by atoms with E-state index in [2.05, 4.69) is 5.32 Å². The molecule has 0 aliphatic carbocycles. The number of carbonyl (C=O) groups is 1. The molecule has 7 heteroatoms. The van der Waals surface area contributed by atoms with E-state index in [1.165, 1.54) is 0 Å². The lowest BCUT2D eigenvalue weighted by Crippen LogP contribution is -2.41. The fourth-order valence-corrected chi connectivity index (χ4v) is 2.41. The maximum absolute atomic E-state index is 10.9. The third-order valence-corrected chi connectivity index (χ3v) is 4.59. The number of nitrogens with one attached hydrogen (secondary N) is 1. The first-order valence-electron chi connectivity index (χ1n) is 7.78. The van der Waals surface area contributed by atoms with Crippen molar-refractivity contribution in [1.29, 1.82) is 0 Å². The second-order valence-corrected chi connectivity index (χ2v) is 6.91. The van der Waals surface area contributed by atoms with Crippen LogP contribution in [0.1, 0.15) is 27.7 Å². The summed E-state index contributed by atoms with van der Waals surface area (Å²) in [6.45, 7) is 8.84. The molecule has 1 amide bonds. The molecular weight excluding hydrogens is 297 g/mol. The molecule has 0 bridgehead atoms. The molecule has 1 N–H and O–H groups in total. The average molecular weight is 319 g/mol. The minimum atomic E-state index is -0.394. The Balaban J connectivity index is 1.58. The van der Waals surface area contributed by atoms with Crippen LogP contribution in [-0.2, 0) is 14.0 Å². The van der Waals surface area contributed by atoms with Gasteiger partial charge in [-0.2, -0.15) is 0 Å². The summed E-state index contributed by atoms with van der Waals surface area (Å²) in [5, 5.41) is 2.67. The van der Waals surface area contributed by atoms with Gasteiger partial charge in [-0.3, -0.25) is 0 Å². The molecule has 0 radical (unpaired) electrons. The van der Waals surface area contributed by atoms with E-state index in [1.807, 2.05) is 52.0 Å². The lowest BCUT2D eigenvalue weighted by Gasteiger charge is -2.32. The first-order chi connectivity index (χ1) is 10.8. The second-order valence-electron chi connectivity index (χ2n) is 6.91. The van der Waals surface area contributed by atoms with Gasteiger partial charge in [-0.25, -0.2) is 4.79 Å². The molecule has 1 atom stereocenters. The minimum Gasteiger partial charge on any atom is -0.491 e. The van der Waals surface area contributed by atoms with Crippen molar-refractivity contribution in [2.24, 2.45) is 0 Å². The molecule has 1 aromatic carbocycles. The molecule has 3 rings (SSSR count). The van der Waals surface area contributed by atoms with Crippen LogP contribution in [0.4, 0.5) is 4.79 Å². The summed E-state index contributed by atoms with van der Waals surface area (Å²) in [5.74, 6) is 0.728. The summed E-state index contributed by atoms with van der Waals surface area (Å²) in [5.41, 5.74) is 0.245. The lowest BCUT2D eigenvalue weighted by molar-refractivity contribution is 0.00578. The molecule has 2 fully saturated rings. The van der Waals surface area contributed by atoms with E-state index < -0.39 is 6.09 Å². The topological polar surface area (TPSA) is 66.0 Å². The molecule has 1 unspecified atom stereocenters. The maximum Gasteiger partial charge on any atom is 0.494 e. The van der Waals surface area contributed by atoms with Crippen LogP contribution in [0.25, 0.3) is 0 Å². The number of cyclic esters (lactones) is 1. The highest BCUT2D eigenvalue weighted by Crippen LogP contribution is 2.36. The second kappa shape index (κ2) is 5.72. The zero-order valence-electron chi connectivity index (χ0n) is 13.9. The van der Waals surface area contributed by atoms with Gasteiger partial charge in [0.25, 0.3) is 0 Å². The van der Waals surface area contributed by atoms with Crippen LogP contribution in [0.2, 0.25) is 0 Å². The number of alkyl carbamates (subject to hydrolysis) is 1. The third-order valence-electron chi connectivity index (χ3n) is 4.59. The van der Waals surface area contributed by atoms with Crippen molar-refractivity contribution in [3.8, 4) is 5.75 Å². The molecule has 124 valence electrons. The molecule has 6 nitrogen and oxygen atoms in total. The quantitative estimate of drug-likeness (QED) is 0.852. The third kappa shape index (κ3) is 3.30. The van der Waals surface area contributed by atoms with Crippen LogP contribution in [0.15, 0.2) is 24.3 Å². The minimum absolute atomic E-state index is 0.106. The van der Waals surface area contributed by atoms with Crippen LogP contribution >= 0.6 is 0 Å². The Hall–Kier alpha value is -1.73. The standard InChI is InChI=1S/C16H22BNO5/c1-15(2)16(3,4)23-17(22-15)11-5-7-13(8-6-11)20-9-12-10-21-14(19)18-12/h5-8,12H,9-10H2,1-4H3,(H,18,19). The molecule has 23 heavy (non-hydrogen) atoms. The number of hydrogen-bond donors (Lipinski definition) is 1. The predicted molar refractivity (Wildman–Crippen MR) is 85.9 cm³/mol. The molecule has 2 heterocycles. The van der Waals surface area contributed by atoms with Gasteiger partial charge in [-0.15, -0.1) is 0 Å². The number of hydrogen-bond acceptors (Lipinski definition) is 5. The van der Waals surface area contributed by atoms with Gasteiger partial charge in [-0.1, -0.05) is 12.1 Å². The number of amides is 1. The maximum atomic E-state index is 10.9. The molecule has 0 saturated carbocycles. The van der Waals surface area contributed by atoms with Gasteiger partial charge in [-0.05, 0) is 45.3 Å². The predicted octanol–water partition coefficient (Wildman–Crippen LogP) is 1.47. The first kappa shape index (κ1) is 16.1. The molecule has 2 aliphatic heterocycles. The molecule has 1 aromatic rings. The highest BCUT2D eigenvalue weighted by Gasteiger charge is 2.51. The van der Waals surface area contributed by atoms with Crippen molar-refractivity contribution in [2.75, 3.05) is 13.2 Å². The molecule has 2 saturated heterocycles. The zero-order valence-corrected chi connectivity index (χ0v) is 13.9. The van der Waals surface area contributed by atoms with Crippen LogP contribution < -0.4 is 15.5 Å². The van der Waals surface area contributed by atoms with Crippen LogP contribution in [0.5, 0.6) is 5.75 Å². The van der Waals surface area contributed by atoms with Gasteiger partial charge in [0.2, 0.25) is 0 Å². The summed E-state index contributed by atoms with van der Waals surface area (Å²) in [6.07, 6.45) is -0.394.